The Kier molecular flexibility index (Phi) is 5.63. The molecule has 2 aliphatic heterocycles. The van der Waals surface area contributed by atoms with E-state index in [0.717, 1.165) is 72.5 Å². The Morgan fingerprint density at radius 1 is 1.10 bits per heavy atom. The van der Waals surface area contributed by atoms with Gasteiger partial charge in [-0.2, -0.15) is 4.98 Å². The first-order valence-electron chi connectivity index (χ1n) is 11.1. The standard InChI is InChI=1S/C24H28N6O/c1-31-21-17-19-20(16-18(21)8-7-13-29-11-2-3-12-29)26-24(30-14-4-5-15-30)28-23(19)27-22-9-6-10-25-22/h6,9-10,16-17,25H,2-5,11-15H2,1H3,(H,26,27,28). The monoisotopic (exact) mass is 416 g/mol. The minimum Gasteiger partial charge on any atom is -0.495 e. The first-order valence-corrected chi connectivity index (χ1v) is 11.1. The summed E-state index contributed by atoms with van der Waals surface area (Å²) in [5, 5.41) is 4.33. The molecular formula is C24H28N6O. The fourth-order valence-corrected chi connectivity index (χ4v) is 4.29. The largest absolute Gasteiger partial charge is 0.495 e. The third kappa shape index (κ3) is 4.30. The van der Waals surface area contributed by atoms with Gasteiger partial charge in [0, 0.05) is 24.7 Å². The van der Waals surface area contributed by atoms with E-state index in [9.17, 15) is 0 Å². The van der Waals surface area contributed by atoms with Gasteiger partial charge in [0.15, 0.2) is 0 Å². The zero-order valence-corrected chi connectivity index (χ0v) is 17.9. The minimum atomic E-state index is 0.744. The molecule has 1 aromatic carbocycles. The summed E-state index contributed by atoms with van der Waals surface area (Å²) in [5.41, 5.74) is 1.74. The van der Waals surface area contributed by atoms with Crippen LogP contribution in [0.4, 0.5) is 17.6 Å². The highest BCUT2D eigenvalue weighted by molar-refractivity contribution is 5.94. The Labute approximate surface area is 182 Å². The molecule has 4 heterocycles. The van der Waals surface area contributed by atoms with Crippen LogP contribution in [-0.4, -0.2) is 59.7 Å². The number of benzene rings is 1. The summed E-state index contributed by atoms with van der Waals surface area (Å²) < 4.78 is 5.68. The molecular weight excluding hydrogens is 388 g/mol. The van der Waals surface area contributed by atoms with Crippen LogP contribution in [0.25, 0.3) is 10.9 Å². The van der Waals surface area contributed by atoms with Crippen LogP contribution in [0, 0.1) is 11.8 Å². The van der Waals surface area contributed by atoms with E-state index in [1.807, 2.05) is 30.5 Å². The van der Waals surface area contributed by atoms with Gasteiger partial charge in [-0.1, -0.05) is 11.8 Å². The predicted molar refractivity (Wildman–Crippen MR) is 124 cm³/mol. The topological polar surface area (TPSA) is 69.3 Å². The molecule has 0 aliphatic carbocycles. The molecule has 0 atom stereocenters. The molecule has 0 saturated carbocycles. The lowest BCUT2D eigenvalue weighted by atomic mass is 10.1. The van der Waals surface area contributed by atoms with E-state index in [1.165, 1.54) is 25.7 Å². The number of anilines is 3. The second kappa shape index (κ2) is 8.86. The molecule has 2 aliphatic rings. The highest BCUT2D eigenvalue weighted by Gasteiger charge is 2.19. The van der Waals surface area contributed by atoms with Gasteiger partial charge < -0.3 is 19.9 Å². The molecule has 0 spiro atoms. The summed E-state index contributed by atoms with van der Waals surface area (Å²) in [4.78, 5) is 17.6. The first-order chi connectivity index (χ1) is 15.3. The van der Waals surface area contributed by atoms with E-state index < -0.39 is 0 Å². The van der Waals surface area contributed by atoms with Gasteiger partial charge in [-0.15, -0.1) is 0 Å². The lowest BCUT2D eigenvalue weighted by Gasteiger charge is -2.18. The molecule has 2 aromatic heterocycles. The maximum atomic E-state index is 5.68. The molecule has 0 unspecified atom stereocenters. The van der Waals surface area contributed by atoms with Crippen LogP contribution in [0.1, 0.15) is 31.2 Å². The third-order valence-corrected chi connectivity index (χ3v) is 5.97. The van der Waals surface area contributed by atoms with Crippen molar-refractivity contribution in [3.05, 3.63) is 36.0 Å². The average Bonchev–Trinajstić information content (AvgIpc) is 3.56. The van der Waals surface area contributed by atoms with Crippen LogP contribution in [0.2, 0.25) is 0 Å². The van der Waals surface area contributed by atoms with E-state index >= 15 is 0 Å². The van der Waals surface area contributed by atoms with Gasteiger partial charge in [0.1, 0.15) is 17.4 Å². The lowest BCUT2D eigenvalue weighted by Crippen LogP contribution is -2.21. The fourth-order valence-electron chi connectivity index (χ4n) is 4.29. The Morgan fingerprint density at radius 2 is 1.90 bits per heavy atom. The van der Waals surface area contributed by atoms with Crippen LogP contribution in [-0.2, 0) is 0 Å². The van der Waals surface area contributed by atoms with Crippen molar-refractivity contribution in [3.63, 3.8) is 0 Å². The summed E-state index contributed by atoms with van der Waals surface area (Å²) in [5.74, 6) is 9.81. The van der Waals surface area contributed by atoms with Crippen molar-refractivity contribution >= 4 is 28.5 Å². The van der Waals surface area contributed by atoms with Gasteiger partial charge >= 0.3 is 0 Å². The number of hydrogen-bond acceptors (Lipinski definition) is 6. The van der Waals surface area contributed by atoms with Crippen molar-refractivity contribution in [1.82, 2.24) is 19.9 Å². The molecule has 2 fully saturated rings. The normalized spacial score (nSPS) is 16.5. The lowest BCUT2D eigenvalue weighted by molar-refractivity contribution is 0.383. The molecule has 7 nitrogen and oxygen atoms in total. The predicted octanol–water partition coefficient (Wildman–Crippen LogP) is 3.76. The number of methoxy groups -OCH3 is 1. The van der Waals surface area contributed by atoms with Gasteiger partial charge in [0.25, 0.3) is 0 Å². The molecule has 3 aromatic rings. The highest BCUT2D eigenvalue weighted by atomic mass is 16.5. The maximum Gasteiger partial charge on any atom is 0.227 e. The van der Waals surface area contributed by atoms with Gasteiger partial charge in [-0.05, 0) is 63.0 Å². The van der Waals surface area contributed by atoms with Crippen LogP contribution in [0.15, 0.2) is 30.5 Å². The quantitative estimate of drug-likeness (QED) is 0.618. The van der Waals surface area contributed by atoms with E-state index in [-0.39, 0.29) is 0 Å². The van der Waals surface area contributed by atoms with Crippen LogP contribution in [0.3, 0.4) is 0 Å². The van der Waals surface area contributed by atoms with Crippen LogP contribution in [0.5, 0.6) is 5.75 Å². The summed E-state index contributed by atoms with van der Waals surface area (Å²) in [6, 6.07) is 7.97. The summed E-state index contributed by atoms with van der Waals surface area (Å²) in [6.45, 7) is 5.06. The molecule has 2 N–H and O–H groups in total. The second-order valence-electron chi connectivity index (χ2n) is 8.13. The van der Waals surface area contributed by atoms with Crippen molar-refractivity contribution < 1.29 is 4.74 Å². The molecule has 0 radical (unpaired) electrons. The van der Waals surface area contributed by atoms with Gasteiger partial charge in [-0.25, -0.2) is 4.98 Å². The highest BCUT2D eigenvalue weighted by Crippen LogP contribution is 2.32. The molecule has 7 heteroatoms. The third-order valence-electron chi connectivity index (χ3n) is 5.97. The minimum absolute atomic E-state index is 0.744. The van der Waals surface area contributed by atoms with E-state index in [2.05, 4.69) is 31.9 Å². The van der Waals surface area contributed by atoms with Crippen LogP contribution < -0.4 is 15.0 Å². The van der Waals surface area contributed by atoms with Crippen molar-refractivity contribution in [1.29, 1.82) is 0 Å². The number of H-pyrrole nitrogens is 1. The summed E-state index contributed by atoms with van der Waals surface area (Å²) in [6.07, 6.45) is 6.79. The first kappa shape index (κ1) is 19.7. The van der Waals surface area contributed by atoms with Crippen molar-refractivity contribution in [2.75, 3.05) is 50.1 Å². The number of aromatic nitrogens is 3. The zero-order valence-electron chi connectivity index (χ0n) is 17.9. The molecule has 5 rings (SSSR count). The van der Waals surface area contributed by atoms with Crippen LogP contribution >= 0.6 is 0 Å². The molecule has 31 heavy (non-hydrogen) atoms. The van der Waals surface area contributed by atoms with E-state index in [0.29, 0.717) is 0 Å². The number of likely N-dealkylation sites (tertiary alicyclic amines) is 1. The maximum absolute atomic E-state index is 5.68. The Hall–Kier alpha value is -3.24. The number of ether oxygens (including phenoxy) is 1. The number of fused-ring (bicyclic) bond motifs is 1. The molecule has 0 bridgehead atoms. The SMILES string of the molecule is COc1cc2c(Nc3ccc[nH]3)nc(N3CCCC3)nc2cc1C#CCN1CCCC1. The Bertz CT molecular complexity index is 1100. The van der Waals surface area contributed by atoms with Gasteiger partial charge in [0.05, 0.1) is 24.7 Å². The summed E-state index contributed by atoms with van der Waals surface area (Å²) >= 11 is 0. The smallest absolute Gasteiger partial charge is 0.227 e. The van der Waals surface area contributed by atoms with Crippen molar-refractivity contribution in [2.45, 2.75) is 25.7 Å². The number of aromatic amines is 1. The zero-order chi connectivity index (χ0) is 21.0. The second-order valence-corrected chi connectivity index (χ2v) is 8.13. The van der Waals surface area contributed by atoms with Crippen molar-refractivity contribution in [3.8, 4) is 17.6 Å². The number of nitrogens with zero attached hydrogens (tertiary/aromatic N) is 4. The molecule has 2 saturated heterocycles. The van der Waals surface area contributed by atoms with E-state index in [4.69, 9.17) is 14.7 Å². The van der Waals surface area contributed by atoms with Crippen molar-refractivity contribution in [2.24, 2.45) is 0 Å². The van der Waals surface area contributed by atoms with Gasteiger partial charge in [0.2, 0.25) is 5.95 Å². The Balaban J connectivity index is 1.55. The number of rotatable bonds is 5. The summed E-state index contributed by atoms with van der Waals surface area (Å²) in [7, 11) is 1.68. The average molecular weight is 417 g/mol. The van der Waals surface area contributed by atoms with Gasteiger partial charge in [-0.3, -0.25) is 4.90 Å². The number of nitrogens with one attached hydrogen (secondary N) is 2. The molecule has 0 amide bonds. The Morgan fingerprint density at radius 3 is 2.65 bits per heavy atom. The molecule has 160 valence electrons. The fraction of sp³-hybridized carbons (Fsp3) is 0.417. The number of hydrogen-bond donors (Lipinski definition) is 2. The van der Waals surface area contributed by atoms with E-state index in [1.54, 1.807) is 7.11 Å².